The number of aromatic nitrogens is 4. The summed E-state index contributed by atoms with van der Waals surface area (Å²) in [5.41, 5.74) is 6.43. The summed E-state index contributed by atoms with van der Waals surface area (Å²) >= 11 is 5.19. The summed E-state index contributed by atoms with van der Waals surface area (Å²) in [4.78, 5) is 17.9. The molecule has 0 radical (unpaired) electrons. The zero-order valence-corrected chi connectivity index (χ0v) is 25.4. The number of aromatic amines is 1. The average molecular weight is 577 g/mol. The van der Waals surface area contributed by atoms with Gasteiger partial charge in [-0.25, -0.2) is 9.97 Å². The van der Waals surface area contributed by atoms with Crippen molar-refractivity contribution in [2.45, 2.75) is 59.3 Å². The molecule has 0 aliphatic carbocycles. The molecule has 7 rings (SSSR count). The number of hydrogen-bond acceptors (Lipinski definition) is 8. The quantitative estimate of drug-likeness (QED) is 0.220. The zero-order chi connectivity index (χ0) is 26.5. The first kappa shape index (κ1) is 25.5. The van der Waals surface area contributed by atoms with Crippen LogP contribution >= 0.6 is 34.4 Å². The fraction of sp³-hybridized carbons (Fsp3) is 0.500. The van der Waals surface area contributed by atoms with Crippen molar-refractivity contribution in [2.75, 3.05) is 36.0 Å². The largest absolute Gasteiger partial charge is 0.363 e. The van der Waals surface area contributed by atoms with Gasteiger partial charge in [-0.1, -0.05) is 20.8 Å². The molecule has 1 aromatic carbocycles. The number of piperidine rings is 2. The van der Waals surface area contributed by atoms with Crippen LogP contribution in [0, 0.1) is 11.8 Å². The molecular weight excluding hydrogens is 541 g/mol. The van der Waals surface area contributed by atoms with Crippen molar-refractivity contribution in [2.24, 2.45) is 11.8 Å². The maximum atomic E-state index is 5.16. The standard InChI is InChI=1S/C30H36N6S3/c1-4-5-22-31-27-25(20-6-8-23(37-20)35-14-10-18(2)11-15-35)29-30(34-39-33-29)26(28(27)32-22)21-7-9-24(38-21)36-16-12-19(3)13-17-36/h6-9,18-19,33H,4-5,10-17H2,1-3H3. The molecule has 2 fully saturated rings. The number of anilines is 2. The monoisotopic (exact) mass is 576 g/mol. The molecule has 0 amide bonds. The van der Waals surface area contributed by atoms with Crippen LogP contribution < -0.4 is 9.80 Å². The van der Waals surface area contributed by atoms with Gasteiger partial charge in [-0.05, 0) is 68.2 Å². The number of rotatable bonds is 6. The molecule has 4 aromatic heterocycles. The first-order valence-corrected chi connectivity index (χ1v) is 16.9. The smallest absolute Gasteiger partial charge is 0.129 e. The molecule has 0 bridgehead atoms. The van der Waals surface area contributed by atoms with Gasteiger partial charge in [-0.15, -0.1) is 22.7 Å². The third-order valence-corrected chi connectivity index (χ3v) is 11.4. The van der Waals surface area contributed by atoms with Crippen LogP contribution in [0.5, 0.6) is 0 Å². The van der Waals surface area contributed by atoms with Gasteiger partial charge in [0.25, 0.3) is 0 Å². The number of nitrogens with one attached hydrogen (secondary N) is 1. The lowest BCUT2D eigenvalue weighted by Gasteiger charge is -2.30. The fourth-order valence-electron chi connectivity index (χ4n) is 6.05. The number of H-pyrrole nitrogens is 1. The maximum absolute atomic E-state index is 5.16. The van der Waals surface area contributed by atoms with Gasteiger partial charge in [0, 0.05) is 65.2 Å². The molecule has 6 heterocycles. The molecule has 2 aliphatic heterocycles. The van der Waals surface area contributed by atoms with Gasteiger partial charge in [0.1, 0.15) is 22.4 Å². The molecule has 0 unspecified atom stereocenters. The molecule has 6 nitrogen and oxygen atoms in total. The number of hydrogen-bond donors (Lipinski definition) is 1. The van der Waals surface area contributed by atoms with Crippen LogP contribution in [0.3, 0.4) is 0 Å². The molecule has 5 aromatic rings. The van der Waals surface area contributed by atoms with Crippen LogP contribution in [-0.4, -0.2) is 44.9 Å². The average Bonchev–Trinajstić information content (AvgIpc) is 3.75. The lowest BCUT2D eigenvalue weighted by Crippen LogP contribution is -2.31. The van der Waals surface area contributed by atoms with Crippen molar-refractivity contribution >= 4 is 66.5 Å². The van der Waals surface area contributed by atoms with Gasteiger partial charge in [0.15, 0.2) is 0 Å². The Hall–Kier alpha value is -2.49. The first-order chi connectivity index (χ1) is 19.1. The van der Waals surface area contributed by atoms with E-state index in [1.165, 1.54) is 57.2 Å². The van der Waals surface area contributed by atoms with E-state index in [9.17, 15) is 0 Å². The number of imidazole rings is 1. The van der Waals surface area contributed by atoms with Crippen molar-refractivity contribution in [3.63, 3.8) is 0 Å². The predicted octanol–water partition coefficient (Wildman–Crippen LogP) is 8.45. The van der Waals surface area contributed by atoms with Crippen molar-refractivity contribution in [3.8, 4) is 20.9 Å². The van der Waals surface area contributed by atoms with Crippen LogP contribution in [0.25, 0.3) is 42.9 Å². The minimum Gasteiger partial charge on any atom is -0.363 e. The fourth-order valence-corrected chi connectivity index (χ4v) is 8.87. The topological polar surface area (TPSA) is 60.9 Å². The predicted molar refractivity (Wildman–Crippen MR) is 169 cm³/mol. The van der Waals surface area contributed by atoms with Crippen LogP contribution in [0.15, 0.2) is 24.3 Å². The highest BCUT2D eigenvalue weighted by Crippen LogP contribution is 2.47. The molecule has 204 valence electrons. The Bertz CT molecular complexity index is 1480. The van der Waals surface area contributed by atoms with E-state index in [2.05, 4.69) is 59.2 Å². The number of thiophene rings is 2. The highest BCUT2D eigenvalue weighted by molar-refractivity contribution is 7.20. The van der Waals surface area contributed by atoms with Crippen LogP contribution in [0.1, 0.15) is 58.7 Å². The third kappa shape index (κ3) is 4.66. The second kappa shape index (κ2) is 10.5. The Labute approximate surface area is 242 Å². The van der Waals surface area contributed by atoms with E-state index in [-0.39, 0.29) is 0 Å². The number of aryl methyl sites for hydroxylation is 1. The number of fused-ring (bicyclic) bond motifs is 2. The van der Waals surface area contributed by atoms with Gasteiger partial charge in [0.2, 0.25) is 0 Å². The normalized spacial score (nSPS) is 17.7. The summed E-state index contributed by atoms with van der Waals surface area (Å²) in [6, 6.07) is 9.16. The Morgan fingerprint density at radius 2 is 1.31 bits per heavy atom. The second-order valence-electron chi connectivity index (χ2n) is 11.5. The lowest BCUT2D eigenvalue weighted by atomic mass is 9.99. The van der Waals surface area contributed by atoms with Crippen LogP contribution in [0.4, 0.5) is 10.0 Å². The van der Waals surface area contributed by atoms with Gasteiger partial charge >= 0.3 is 0 Å². The second-order valence-corrected chi connectivity index (χ2v) is 14.2. The van der Waals surface area contributed by atoms with E-state index in [1.54, 1.807) is 0 Å². The third-order valence-electron chi connectivity index (χ3n) is 8.53. The highest BCUT2D eigenvalue weighted by atomic mass is 32.1. The maximum Gasteiger partial charge on any atom is 0.129 e. The Morgan fingerprint density at radius 1 is 0.769 bits per heavy atom. The van der Waals surface area contributed by atoms with Gasteiger partial charge < -0.3 is 9.80 Å². The molecule has 0 atom stereocenters. The lowest BCUT2D eigenvalue weighted by molar-refractivity contribution is 0.440. The van der Waals surface area contributed by atoms with Crippen LogP contribution in [-0.2, 0) is 6.42 Å². The minimum absolute atomic E-state index is 0.825. The summed E-state index contributed by atoms with van der Waals surface area (Å²) in [5, 5.41) is 2.71. The molecule has 1 N–H and O–H groups in total. The van der Waals surface area contributed by atoms with Gasteiger partial charge in [-0.2, -0.15) is 4.37 Å². The van der Waals surface area contributed by atoms with E-state index in [0.29, 0.717) is 0 Å². The van der Waals surface area contributed by atoms with Crippen molar-refractivity contribution in [1.82, 2.24) is 18.7 Å². The van der Waals surface area contributed by atoms with Crippen molar-refractivity contribution in [3.05, 3.63) is 30.1 Å². The first-order valence-electron chi connectivity index (χ1n) is 14.5. The van der Waals surface area contributed by atoms with E-state index in [4.69, 9.17) is 14.3 Å². The number of nitrogens with zero attached hydrogens (tertiary/aromatic N) is 5. The van der Waals surface area contributed by atoms with Gasteiger partial charge in [0.05, 0.1) is 15.5 Å². The Kier molecular flexibility index (Phi) is 6.85. The van der Waals surface area contributed by atoms with E-state index < -0.39 is 0 Å². The van der Waals surface area contributed by atoms with Crippen LogP contribution in [0.2, 0.25) is 0 Å². The van der Waals surface area contributed by atoms with Crippen molar-refractivity contribution < 1.29 is 0 Å². The molecule has 0 saturated carbocycles. The van der Waals surface area contributed by atoms with E-state index in [0.717, 1.165) is 89.9 Å². The molecule has 9 heteroatoms. The number of benzene rings is 1. The molecule has 2 saturated heterocycles. The summed E-state index contributed by atoms with van der Waals surface area (Å²) in [6.07, 6.45) is 7.00. The minimum atomic E-state index is 0.825. The summed E-state index contributed by atoms with van der Waals surface area (Å²) in [5.74, 6) is 2.59. The SMILES string of the molecule is CCCc1nc2c(-c3ccc(N4CCC(C)CC4)s3)c3ns[nH]c3c(-c3ccc(N4CCC(C)CC4)s3)c2n1. The summed E-state index contributed by atoms with van der Waals surface area (Å²) < 4.78 is 8.48. The van der Waals surface area contributed by atoms with E-state index in [1.807, 2.05) is 22.7 Å². The van der Waals surface area contributed by atoms with Gasteiger partial charge in [-0.3, -0.25) is 4.37 Å². The zero-order valence-electron chi connectivity index (χ0n) is 23.0. The Balaban J connectivity index is 1.35. The Morgan fingerprint density at radius 3 is 1.87 bits per heavy atom. The molecular formula is C30H36N6S3. The molecule has 39 heavy (non-hydrogen) atoms. The van der Waals surface area contributed by atoms with Crippen molar-refractivity contribution in [1.29, 1.82) is 0 Å². The highest BCUT2D eigenvalue weighted by Gasteiger charge is 2.26. The summed E-state index contributed by atoms with van der Waals surface area (Å²) in [7, 11) is 0. The van der Waals surface area contributed by atoms with E-state index >= 15 is 0 Å². The molecule has 2 aliphatic rings. The molecule has 0 spiro atoms. The summed E-state index contributed by atoms with van der Waals surface area (Å²) in [6.45, 7) is 11.5.